The fourth-order valence-electron chi connectivity index (χ4n) is 3.43. The van der Waals surface area contributed by atoms with Crippen LogP contribution in [-0.2, 0) is 13.0 Å². The summed E-state index contributed by atoms with van der Waals surface area (Å²) in [5.41, 5.74) is 5.61. The zero-order valence-electron chi connectivity index (χ0n) is 16.1. The first-order chi connectivity index (χ1) is 14.1. The van der Waals surface area contributed by atoms with E-state index in [1.54, 1.807) is 12.5 Å². The molecule has 2 aromatic heterocycles. The monoisotopic (exact) mass is 391 g/mol. The van der Waals surface area contributed by atoms with Gasteiger partial charge >= 0.3 is 0 Å². The number of aromatic nitrogens is 1. The summed E-state index contributed by atoms with van der Waals surface area (Å²) in [5, 5.41) is 7.39. The number of fused-ring (bicyclic) bond motifs is 1. The molecular formula is C23H22FN3O2. The van der Waals surface area contributed by atoms with Crippen molar-refractivity contribution in [2.45, 2.75) is 19.9 Å². The van der Waals surface area contributed by atoms with Gasteiger partial charge in [-0.1, -0.05) is 0 Å². The van der Waals surface area contributed by atoms with Crippen molar-refractivity contribution in [2.24, 2.45) is 0 Å². The Labute approximate surface area is 167 Å². The first kappa shape index (κ1) is 19.0. The summed E-state index contributed by atoms with van der Waals surface area (Å²) in [6.07, 6.45) is 4.27. The number of rotatable bonds is 7. The molecule has 0 aliphatic rings. The number of hydrogen-bond donors (Lipinski definition) is 3. The van der Waals surface area contributed by atoms with Crippen LogP contribution in [0.5, 0.6) is 0 Å². The second-order valence-electron chi connectivity index (χ2n) is 7.01. The average Bonchev–Trinajstić information content (AvgIpc) is 3.33. The lowest BCUT2D eigenvalue weighted by Gasteiger charge is -2.07. The maximum absolute atomic E-state index is 13.1. The van der Waals surface area contributed by atoms with Gasteiger partial charge in [-0.15, -0.1) is 0 Å². The zero-order valence-corrected chi connectivity index (χ0v) is 16.1. The quantitative estimate of drug-likeness (QED) is 0.397. The van der Waals surface area contributed by atoms with E-state index < -0.39 is 0 Å². The second-order valence-corrected chi connectivity index (χ2v) is 7.01. The number of carbonyl (C=O) groups excluding carboxylic acids is 1. The van der Waals surface area contributed by atoms with Crippen LogP contribution < -0.4 is 10.6 Å². The number of aromatic amines is 1. The van der Waals surface area contributed by atoms with Gasteiger partial charge in [0.2, 0.25) is 0 Å². The van der Waals surface area contributed by atoms with Gasteiger partial charge in [-0.25, -0.2) is 4.39 Å². The van der Waals surface area contributed by atoms with Crippen molar-refractivity contribution in [1.82, 2.24) is 10.3 Å². The molecule has 6 heteroatoms. The molecule has 0 spiro atoms. The highest BCUT2D eigenvalue weighted by atomic mass is 19.1. The molecule has 4 rings (SSSR count). The van der Waals surface area contributed by atoms with E-state index >= 15 is 0 Å². The van der Waals surface area contributed by atoms with Crippen molar-refractivity contribution < 1.29 is 13.6 Å². The Kier molecular flexibility index (Phi) is 5.44. The molecule has 0 unspecified atom stereocenters. The number of halogens is 1. The van der Waals surface area contributed by atoms with Gasteiger partial charge in [0.25, 0.3) is 5.91 Å². The first-order valence-electron chi connectivity index (χ1n) is 9.50. The van der Waals surface area contributed by atoms with Crippen molar-refractivity contribution >= 4 is 22.5 Å². The normalized spacial score (nSPS) is 11.1. The predicted molar refractivity (Wildman–Crippen MR) is 112 cm³/mol. The predicted octanol–water partition coefficient (Wildman–Crippen LogP) is 4.79. The van der Waals surface area contributed by atoms with Crippen molar-refractivity contribution in [1.29, 1.82) is 0 Å². The number of benzene rings is 2. The van der Waals surface area contributed by atoms with Crippen LogP contribution in [0.1, 0.15) is 27.2 Å². The van der Waals surface area contributed by atoms with Crippen LogP contribution in [0.3, 0.4) is 0 Å². The van der Waals surface area contributed by atoms with E-state index in [9.17, 15) is 9.18 Å². The summed E-state index contributed by atoms with van der Waals surface area (Å²) in [7, 11) is 0. The third-order valence-electron chi connectivity index (χ3n) is 4.94. The van der Waals surface area contributed by atoms with E-state index in [2.05, 4.69) is 22.5 Å². The standard InChI is InChI=1S/C23H22FN3O2/c1-15-20(8-10-25-13-16-9-11-29-14-16)21-12-19(6-7-22(21)26-15)27-23(28)17-2-4-18(24)5-3-17/h2-7,9,11-12,14,25-26H,8,10,13H2,1H3,(H,27,28). The molecule has 2 heterocycles. The number of nitrogens with one attached hydrogen (secondary N) is 3. The van der Waals surface area contributed by atoms with E-state index in [0.29, 0.717) is 11.3 Å². The topological polar surface area (TPSA) is 70.1 Å². The van der Waals surface area contributed by atoms with E-state index in [1.807, 2.05) is 24.3 Å². The zero-order chi connectivity index (χ0) is 20.2. The Balaban J connectivity index is 1.46. The molecule has 3 N–H and O–H groups in total. The summed E-state index contributed by atoms with van der Waals surface area (Å²) in [6.45, 7) is 3.64. The van der Waals surface area contributed by atoms with Crippen LogP contribution in [0.2, 0.25) is 0 Å². The molecule has 0 fully saturated rings. The highest BCUT2D eigenvalue weighted by Crippen LogP contribution is 2.26. The highest BCUT2D eigenvalue weighted by molar-refractivity contribution is 6.05. The van der Waals surface area contributed by atoms with Gasteiger partial charge < -0.3 is 20.0 Å². The molecule has 0 aliphatic carbocycles. The lowest BCUT2D eigenvalue weighted by molar-refractivity contribution is 0.102. The fourth-order valence-corrected chi connectivity index (χ4v) is 3.43. The van der Waals surface area contributed by atoms with Gasteiger partial charge in [0.15, 0.2) is 0 Å². The van der Waals surface area contributed by atoms with Crippen LogP contribution in [0.4, 0.5) is 10.1 Å². The molecule has 0 atom stereocenters. The lowest BCUT2D eigenvalue weighted by Crippen LogP contribution is -2.16. The van der Waals surface area contributed by atoms with Crippen molar-refractivity contribution in [3.05, 3.63) is 89.3 Å². The lowest BCUT2D eigenvalue weighted by atomic mass is 10.1. The van der Waals surface area contributed by atoms with Crippen molar-refractivity contribution in [3.63, 3.8) is 0 Å². The molecule has 0 aliphatic heterocycles. The molecule has 2 aromatic carbocycles. The number of amides is 1. The maximum Gasteiger partial charge on any atom is 0.255 e. The van der Waals surface area contributed by atoms with Gasteiger partial charge in [-0.3, -0.25) is 4.79 Å². The van der Waals surface area contributed by atoms with Crippen molar-refractivity contribution in [2.75, 3.05) is 11.9 Å². The largest absolute Gasteiger partial charge is 0.472 e. The Morgan fingerprint density at radius 1 is 1.14 bits per heavy atom. The first-order valence-corrected chi connectivity index (χ1v) is 9.50. The van der Waals surface area contributed by atoms with E-state index in [1.165, 1.54) is 29.8 Å². The summed E-state index contributed by atoms with van der Waals surface area (Å²) in [6, 6.07) is 13.3. The van der Waals surface area contributed by atoms with Crippen LogP contribution >= 0.6 is 0 Å². The van der Waals surface area contributed by atoms with Gasteiger partial charge in [-0.2, -0.15) is 0 Å². The number of aryl methyl sites for hydroxylation is 1. The second kappa shape index (κ2) is 8.32. The van der Waals surface area contributed by atoms with E-state index in [-0.39, 0.29) is 11.7 Å². The fraction of sp³-hybridized carbons (Fsp3) is 0.174. The van der Waals surface area contributed by atoms with E-state index in [4.69, 9.17) is 4.42 Å². The molecule has 148 valence electrons. The number of carbonyl (C=O) groups is 1. The molecule has 0 radical (unpaired) electrons. The summed E-state index contributed by atoms with van der Waals surface area (Å²) in [5.74, 6) is -0.628. The van der Waals surface area contributed by atoms with Gasteiger partial charge in [0, 0.05) is 40.0 Å². The SMILES string of the molecule is Cc1[nH]c2ccc(NC(=O)c3ccc(F)cc3)cc2c1CCNCc1ccoc1. The van der Waals surface area contributed by atoms with Crippen LogP contribution in [-0.4, -0.2) is 17.4 Å². The molecule has 1 amide bonds. The highest BCUT2D eigenvalue weighted by Gasteiger charge is 2.11. The number of H-pyrrole nitrogens is 1. The minimum Gasteiger partial charge on any atom is -0.472 e. The van der Waals surface area contributed by atoms with Crippen LogP contribution in [0.15, 0.2) is 65.5 Å². The molecule has 4 aromatic rings. The Bertz CT molecular complexity index is 1120. The smallest absolute Gasteiger partial charge is 0.255 e. The number of anilines is 1. The minimum absolute atomic E-state index is 0.264. The molecule has 5 nitrogen and oxygen atoms in total. The van der Waals surface area contributed by atoms with Crippen LogP contribution in [0, 0.1) is 12.7 Å². The number of hydrogen-bond acceptors (Lipinski definition) is 3. The Hall–Kier alpha value is -3.38. The summed E-state index contributed by atoms with van der Waals surface area (Å²) in [4.78, 5) is 15.8. The number of furan rings is 1. The van der Waals surface area contributed by atoms with Crippen LogP contribution in [0.25, 0.3) is 10.9 Å². The molecule has 29 heavy (non-hydrogen) atoms. The Morgan fingerprint density at radius 3 is 2.72 bits per heavy atom. The van der Waals surface area contributed by atoms with Gasteiger partial charge in [0.1, 0.15) is 5.82 Å². The van der Waals surface area contributed by atoms with Gasteiger partial charge in [0.05, 0.1) is 12.5 Å². The molecule has 0 saturated carbocycles. The summed E-state index contributed by atoms with van der Waals surface area (Å²) < 4.78 is 18.1. The minimum atomic E-state index is -0.364. The molecule has 0 bridgehead atoms. The average molecular weight is 391 g/mol. The van der Waals surface area contributed by atoms with Gasteiger partial charge in [-0.05, 0) is 74.0 Å². The third kappa shape index (κ3) is 4.38. The molecular weight excluding hydrogens is 369 g/mol. The maximum atomic E-state index is 13.1. The van der Waals surface area contributed by atoms with E-state index in [0.717, 1.165) is 41.7 Å². The summed E-state index contributed by atoms with van der Waals surface area (Å²) >= 11 is 0. The Morgan fingerprint density at radius 2 is 1.97 bits per heavy atom. The third-order valence-corrected chi connectivity index (χ3v) is 4.94. The molecule has 0 saturated heterocycles. The van der Waals surface area contributed by atoms with Crippen molar-refractivity contribution in [3.8, 4) is 0 Å².